The third-order valence-electron chi connectivity index (χ3n) is 3.43. The summed E-state index contributed by atoms with van der Waals surface area (Å²) in [6, 6.07) is 0.443. The van der Waals surface area contributed by atoms with Gasteiger partial charge in [-0.15, -0.1) is 0 Å². The predicted octanol–water partition coefficient (Wildman–Crippen LogP) is 2.92. The molecule has 3 heteroatoms. The summed E-state index contributed by atoms with van der Waals surface area (Å²) in [5, 5.41) is 6.79. The van der Waals surface area contributed by atoms with Crippen molar-refractivity contribution in [3.05, 3.63) is 0 Å². The fourth-order valence-corrected chi connectivity index (χ4v) is 2.45. The Kier molecular flexibility index (Phi) is 7.06. The monoisotopic (exact) mass is 239 g/mol. The number of hydrogen-bond donors (Lipinski definition) is 2. The van der Waals surface area contributed by atoms with Crippen LogP contribution < -0.4 is 10.6 Å². The molecule has 0 heterocycles. The van der Waals surface area contributed by atoms with E-state index in [-0.39, 0.29) is 0 Å². The van der Waals surface area contributed by atoms with Crippen molar-refractivity contribution in [2.45, 2.75) is 64.8 Å². The van der Waals surface area contributed by atoms with Gasteiger partial charge in [0.2, 0.25) is 0 Å². The van der Waals surface area contributed by atoms with Crippen LogP contribution in [0.2, 0.25) is 0 Å². The van der Waals surface area contributed by atoms with Crippen LogP contribution in [-0.4, -0.2) is 25.6 Å². The second-order valence-electron chi connectivity index (χ2n) is 5.46. The molecule has 1 aliphatic rings. The molecule has 0 radical (unpaired) electrons. The zero-order valence-electron chi connectivity index (χ0n) is 11.8. The van der Waals surface area contributed by atoms with Crippen LogP contribution in [0.3, 0.4) is 0 Å². The SMILES string of the molecule is CN=C(NCC1CCCCCCC1)NC(C)C. The number of hydrogen-bond acceptors (Lipinski definition) is 1. The highest BCUT2D eigenvalue weighted by molar-refractivity contribution is 5.79. The van der Waals surface area contributed by atoms with E-state index in [1.54, 1.807) is 0 Å². The Hall–Kier alpha value is -0.730. The van der Waals surface area contributed by atoms with E-state index in [9.17, 15) is 0 Å². The largest absolute Gasteiger partial charge is 0.356 e. The summed E-state index contributed by atoms with van der Waals surface area (Å²) in [6.07, 6.45) is 9.87. The van der Waals surface area contributed by atoms with Crippen molar-refractivity contribution in [1.29, 1.82) is 0 Å². The average Bonchev–Trinajstić information content (AvgIpc) is 2.25. The smallest absolute Gasteiger partial charge is 0.191 e. The van der Waals surface area contributed by atoms with Crippen molar-refractivity contribution in [2.24, 2.45) is 10.9 Å². The summed E-state index contributed by atoms with van der Waals surface area (Å²) in [5.74, 6) is 1.78. The van der Waals surface area contributed by atoms with Gasteiger partial charge in [0, 0.05) is 19.6 Å². The summed E-state index contributed by atoms with van der Waals surface area (Å²) >= 11 is 0. The molecule has 100 valence electrons. The Morgan fingerprint density at radius 1 is 1.12 bits per heavy atom. The molecule has 0 aromatic carbocycles. The van der Waals surface area contributed by atoms with Gasteiger partial charge in [0.25, 0.3) is 0 Å². The van der Waals surface area contributed by atoms with Crippen molar-refractivity contribution in [3.8, 4) is 0 Å². The second-order valence-corrected chi connectivity index (χ2v) is 5.46. The van der Waals surface area contributed by atoms with E-state index in [0.29, 0.717) is 6.04 Å². The molecule has 0 saturated heterocycles. The first-order valence-corrected chi connectivity index (χ1v) is 7.19. The molecule has 0 aromatic rings. The van der Waals surface area contributed by atoms with Crippen molar-refractivity contribution in [1.82, 2.24) is 10.6 Å². The highest BCUT2D eigenvalue weighted by atomic mass is 15.2. The first kappa shape index (κ1) is 14.3. The van der Waals surface area contributed by atoms with E-state index in [2.05, 4.69) is 29.5 Å². The molecule has 1 saturated carbocycles. The molecule has 0 amide bonds. The number of aliphatic imine (C=N–C) groups is 1. The molecule has 0 aromatic heterocycles. The van der Waals surface area contributed by atoms with Crippen LogP contribution >= 0.6 is 0 Å². The highest BCUT2D eigenvalue weighted by Crippen LogP contribution is 2.21. The molecule has 0 unspecified atom stereocenters. The number of rotatable bonds is 3. The molecular formula is C14H29N3. The summed E-state index contributed by atoms with van der Waals surface area (Å²) in [6.45, 7) is 5.36. The second kappa shape index (κ2) is 8.37. The summed E-state index contributed by atoms with van der Waals surface area (Å²) in [4.78, 5) is 4.25. The van der Waals surface area contributed by atoms with Gasteiger partial charge in [0.15, 0.2) is 5.96 Å². The Balaban J connectivity index is 2.26. The normalized spacial score (nSPS) is 19.9. The van der Waals surface area contributed by atoms with Gasteiger partial charge < -0.3 is 10.6 Å². The van der Waals surface area contributed by atoms with Gasteiger partial charge in [-0.05, 0) is 32.6 Å². The number of nitrogens with one attached hydrogen (secondary N) is 2. The lowest BCUT2D eigenvalue weighted by molar-refractivity contribution is 0.374. The van der Waals surface area contributed by atoms with Gasteiger partial charge in [0.1, 0.15) is 0 Å². The molecule has 2 N–H and O–H groups in total. The zero-order valence-corrected chi connectivity index (χ0v) is 11.8. The molecule has 1 fully saturated rings. The fourth-order valence-electron chi connectivity index (χ4n) is 2.45. The maximum absolute atomic E-state index is 4.25. The summed E-state index contributed by atoms with van der Waals surface area (Å²) in [7, 11) is 1.84. The molecule has 0 atom stereocenters. The van der Waals surface area contributed by atoms with Gasteiger partial charge in [0.05, 0.1) is 0 Å². The van der Waals surface area contributed by atoms with Crippen LogP contribution in [0.25, 0.3) is 0 Å². The summed E-state index contributed by atoms with van der Waals surface area (Å²) < 4.78 is 0. The van der Waals surface area contributed by atoms with Crippen LogP contribution in [0.1, 0.15) is 58.8 Å². The van der Waals surface area contributed by atoms with Gasteiger partial charge >= 0.3 is 0 Å². The predicted molar refractivity (Wildman–Crippen MR) is 75.4 cm³/mol. The highest BCUT2D eigenvalue weighted by Gasteiger charge is 2.11. The van der Waals surface area contributed by atoms with Crippen molar-refractivity contribution < 1.29 is 0 Å². The maximum atomic E-state index is 4.25. The Morgan fingerprint density at radius 3 is 2.24 bits per heavy atom. The topological polar surface area (TPSA) is 36.4 Å². The third kappa shape index (κ3) is 6.54. The number of nitrogens with zero attached hydrogens (tertiary/aromatic N) is 1. The first-order chi connectivity index (χ1) is 8.22. The molecule has 0 bridgehead atoms. The van der Waals surface area contributed by atoms with Crippen molar-refractivity contribution in [3.63, 3.8) is 0 Å². The summed E-state index contributed by atoms with van der Waals surface area (Å²) in [5.41, 5.74) is 0. The lowest BCUT2D eigenvalue weighted by Gasteiger charge is -2.22. The standard InChI is InChI=1S/C14H29N3/c1-12(2)17-14(15-3)16-11-13-9-7-5-4-6-8-10-13/h12-13H,4-11H2,1-3H3,(H2,15,16,17). The Morgan fingerprint density at radius 2 is 1.71 bits per heavy atom. The van der Waals surface area contributed by atoms with E-state index in [1.165, 1.54) is 44.9 Å². The average molecular weight is 239 g/mol. The van der Waals surface area contributed by atoms with Crippen molar-refractivity contribution in [2.75, 3.05) is 13.6 Å². The van der Waals surface area contributed by atoms with E-state index >= 15 is 0 Å². The molecule has 0 aliphatic heterocycles. The Bertz CT molecular complexity index is 216. The van der Waals surface area contributed by atoms with Gasteiger partial charge in [-0.1, -0.05) is 32.1 Å². The Labute approximate surface area is 106 Å². The molecule has 1 aliphatic carbocycles. The quantitative estimate of drug-likeness (QED) is 0.587. The van der Waals surface area contributed by atoms with Crippen LogP contribution in [-0.2, 0) is 0 Å². The van der Waals surface area contributed by atoms with Gasteiger partial charge in [-0.2, -0.15) is 0 Å². The molecule has 1 rings (SSSR count). The third-order valence-corrected chi connectivity index (χ3v) is 3.43. The molecular weight excluding hydrogens is 210 g/mol. The first-order valence-electron chi connectivity index (χ1n) is 7.19. The lowest BCUT2D eigenvalue weighted by atomic mass is 9.91. The van der Waals surface area contributed by atoms with Gasteiger partial charge in [-0.3, -0.25) is 4.99 Å². The molecule has 17 heavy (non-hydrogen) atoms. The minimum absolute atomic E-state index is 0.443. The van der Waals surface area contributed by atoms with Crippen LogP contribution in [0, 0.1) is 5.92 Å². The van der Waals surface area contributed by atoms with E-state index in [0.717, 1.165) is 18.4 Å². The fraction of sp³-hybridized carbons (Fsp3) is 0.929. The zero-order chi connectivity index (χ0) is 12.5. The molecule has 3 nitrogen and oxygen atoms in total. The molecule has 0 spiro atoms. The van der Waals surface area contributed by atoms with E-state index in [4.69, 9.17) is 0 Å². The maximum Gasteiger partial charge on any atom is 0.191 e. The lowest BCUT2D eigenvalue weighted by Crippen LogP contribution is -2.42. The van der Waals surface area contributed by atoms with E-state index < -0.39 is 0 Å². The van der Waals surface area contributed by atoms with Crippen molar-refractivity contribution >= 4 is 5.96 Å². The van der Waals surface area contributed by atoms with Crippen LogP contribution in [0.15, 0.2) is 4.99 Å². The van der Waals surface area contributed by atoms with Crippen LogP contribution in [0.5, 0.6) is 0 Å². The van der Waals surface area contributed by atoms with Crippen LogP contribution in [0.4, 0.5) is 0 Å². The van der Waals surface area contributed by atoms with Gasteiger partial charge in [-0.25, -0.2) is 0 Å². The minimum atomic E-state index is 0.443. The number of guanidine groups is 1. The minimum Gasteiger partial charge on any atom is -0.356 e. The van der Waals surface area contributed by atoms with E-state index in [1.807, 2.05) is 7.05 Å².